The summed E-state index contributed by atoms with van der Waals surface area (Å²) in [5.74, 6) is -0.285. The van der Waals surface area contributed by atoms with Crippen LogP contribution in [0.5, 0.6) is 0 Å². The van der Waals surface area contributed by atoms with Crippen LogP contribution in [0, 0.1) is 13.8 Å². The first-order valence-corrected chi connectivity index (χ1v) is 4.81. The van der Waals surface area contributed by atoms with Crippen molar-refractivity contribution in [2.24, 2.45) is 0 Å². The molecule has 82 valence electrons. The molecule has 2 rings (SSSR count). The molecule has 5 nitrogen and oxygen atoms in total. The molecular formula is C11H11N3O2. The molecule has 0 saturated heterocycles. The van der Waals surface area contributed by atoms with Crippen molar-refractivity contribution in [3.05, 3.63) is 35.4 Å². The van der Waals surface area contributed by atoms with E-state index in [0.29, 0.717) is 22.9 Å². The van der Waals surface area contributed by atoms with Crippen molar-refractivity contribution in [3.8, 4) is 11.4 Å². The highest BCUT2D eigenvalue weighted by Crippen LogP contribution is 2.19. The van der Waals surface area contributed by atoms with Gasteiger partial charge in [-0.05, 0) is 26.0 Å². The molecule has 0 saturated carbocycles. The van der Waals surface area contributed by atoms with Gasteiger partial charge in [0, 0.05) is 11.9 Å². The van der Waals surface area contributed by atoms with Crippen molar-refractivity contribution in [1.29, 1.82) is 0 Å². The lowest BCUT2D eigenvalue weighted by molar-refractivity contribution is 0.0696. The molecule has 0 atom stereocenters. The minimum absolute atomic E-state index is 0.270. The summed E-state index contributed by atoms with van der Waals surface area (Å²) in [7, 11) is 0. The molecule has 0 spiro atoms. The maximum Gasteiger partial charge on any atom is 0.337 e. The number of aromatic amines is 1. The maximum atomic E-state index is 10.9. The number of aryl methyl sites for hydroxylation is 2. The summed E-state index contributed by atoms with van der Waals surface area (Å²) in [5.41, 5.74) is 2.29. The summed E-state index contributed by atoms with van der Waals surface area (Å²) in [5, 5.41) is 8.93. The van der Waals surface area contributed by atoms with Gasteiger partial charge in [0.25, 0.3) is 0 Å². The van der Waals surface area contributed by atoms with Gasteiger partial charge in [0.05, 0.1) is 17.0 Å². The Balaban J connectivity index is 2.49. The van der Waals surface area contributed by atoms with E-state index < -0.39 is 5.97 Å². The second-order valence-corrected chi connectivity index (χ2v) is 3.52. The number of aromatic nitrogens is 3. The van der Waals surface area contributed by atoms with Crippen molar-refractivity contribution in [1.82, 2.24) is 15.0 Å². The normalized spacial score (nSPS) is 10.4. The Morgan fingerprint density at radius 3 is 2.75 bits per heavy atom. The van der Waals surface area contributed by atoms with Gasteiger partial charge in [0.15, 0.2) is 0 Å². The first-order chi connectivity index (χ1) is 7.58. The third kappa shape index (κ3) is 1.79. The van der Waals surface area contributed by atoms with Crippen molar-refractivity contribution >= 4 is 5.97 Å². The highest BCUT2D eigenvalue weighted by molar-refractivity contribution is 5.90. The molecule has 5 heteroatoms. The molecule has 0 amide bonds. The molecule has 16 heavy (non-hydrogen) atoms. The molecule has 2 aromatic heterocycles. The molecule has 0 bridgehead atoms. The van der Waals surface area contributed by atoms with Crippen LogP contribution in [-0.2, 0) is 0 Å². The topological polar surface area (TPSA) is 78.9 Å². The fraction of sp³-hybridized carbons (Fsp3) is 0.182. The van der Waals surface area contributed by atoms with Crippen LogP contribution in [0.3, 0.4) is 0 Å². The highest BCUT2D eigenvalue weighted by atomic mass is 16.4. The summed E-state index contributed by atoms with van der Waals surface area (Å²) in [6.45, 7) is 3.51. The highest BCUT2D eigenvalue weighted by Gasteiger charge is 2.12. The fourth-order valence-corrected chi connectivity index (χ4v) is 1.52. The van der Waals surface area contributed by atoms with Gasteiger partial charge in [-0.15, -0.1) is 0 Å². The quantitative estimate of drug-likeness (QED) is 0.803. The Labute approximate surface area is 92.2 Å². The number of carboxylic acid groups (broad SMARTS) is 1. The molecule has 0 unspecified atom stereocenters. The number of carboxylic acids is 1. The predicted molar refractivity (Wildman–Crippen MR) is 58.3 cm³/mol. The lowest BCUT2D eigenvalue weighted by Gasteiger charge is -1.97. The first-order valence-electron chi connectivity index (χ1n) is 4.81. The zero-order valence-electron chi connectivity index (χ0n) is 8.98. The Hall–Kier alpha value is -2.17. The number of nitrogens with one attached hydrogen (secondary N) is 1. The van der Waals surface area contributed by atoms with Gasteiger partial charge >= 0.3 is 5.97 Å². The Morgan fingerprint density at radius 1 is 1.44 bits per heavy atom. The maximum absolute atomic E-state index is 10.9. The van der Waals surface area contributed by atoms with Crippen LogP contribution in [0.25, 0.3) is 11.4 Å². The van der Waals surface area contributed by atoms with E-state index in [1.807, 2.05) is 0 Å². The third-order valence-corrected chi connectivity index (χ3v) is 2.30. The molecule has 0 aromatic carbocycles. The molecule has 0 aliphatic carbocycles. The largest absolute Gasteiger partial charge is 0.478 e. The SMILES string of the molecule is Cc1nccc(-c2cc(C(=O)O)c(C)[nH]2)n1. The Morgan fingerprint density at radius 2 is 2.19 bits per heavy atom. The van der Waals surface area contributed by atoms with Gasteiger partial charge in [-0.3, -0.25) is 0 Å². The fourth-order valence-electron chi connectivity index (χ4n) is 1.52. The average Bonchev–Trinajstić information content (AvgIpc) is 2.60. The smallest absolute Gasteiger partial charge is 0.337 e. The monoisotopic (exact) mass is 217 g/mol. The van der Waals surface area contributed by atoms with E-state index in [2.05, 4.69) is 15.0 Å². The summed E-state index contributed by atoms with van der Waals surface area (Å²) in [4.78, 5) is 22.1. The molecule has 0 fully saturated rings. The standard InChI is InChI=1S/C11H11N3O2/c1-6-8(11(15)16)5-10(13-6)9-3-4-12-7(2)14-9/h3-5,13H,1-2H3,(H,15,16). The van der Waals surface area contributed by atoms with Gasteiger partial charge in [-0.1, -0.05) is 0 Å². The van der Waals surface area contributed by atoms with E-state index in [9.17, 15) is 4.79 Å². The zero-order chi connectivity index (χ0) is 11.7. The second kappa shape index (κ2) is 3.77. The number of hydrogen-bond acceptors (Lipinski definition) is 3. The molecule has 0 radical (unpaired) electrons. The third-order valence-electron chi connectivity index (χ3n) is 2.30. The number of rotatable bonds is 2. The second-order valence-electron chi connectivity index (χ2n) is 3.52. The minimum atomic E-state index is -0.939. The lowest BCUT2D eigenvalue weighted by atomic mass is 10.2. The number of H-pyrrole nitrogens is 1. The Bertz CT molecular complexity index is 546. The van der Waals surface area contributed by atoms with E-state index in [4.69, 9.17) is 5.11 Å². The average molecular weight is 217 g/mol. The summed E-state index contributed by atoms with van der Waals surface area (Å²) < 4.78 is 0. The van der Waals surface area contributed by atoms with E-state index in [1.54, 1.807) is 32.2 Å². The number of aromatic carboxylic acids is 1. The molecule has 2 heterocycles. The van der Waals surface area contributed by atoms with Gasteiger partial charge in [-0.25, -0.2) is 14.8 Å². The van der Waals surface area contributed by atoms with E-state index in [0.717, 1.165) is 0 Å². The van der Waals surface area contributed by atoms with Crippen molar-refractivity contribution in [2.75, 3.05) is 0 Å². The van der Waals surface area contributed by atoms with Gasteiger partial charge < -0.3 is 10.1 Å². The summed E-state index contributed by atoms with van der Waals surface area (Å²) in [6, 6.07) is 3.32. The summed E-state index contributed by atoms with van der Waals surface area (Å²) in [6.07, 6.45) is 1.65. The van der Waals surface area contributed by atoms with E-state index in [1.165, 1.54) is 0 Å². The minimum Gasteiger partial charge on any atom is -0.478 e. The van der Waals surface area contributed by atoms with Crippen LogP contribution in [0.4, 0.5) is 0 Å². The number of nitrogens with zero attached hydrogens (tertiary/aromatic N) is 2. The van der Waals surface area contributed by atoms with Crippen LogP contribution >= 0.6 is 0 Å². The van der Waals surface area contributed by atoms with Crippen molar-refractivity contribution in [2.45, 2.75) is 13.8 Å². The van der Waals surface area contributed by atoms with Crippen LogP contribution in [-0.4, -0.2) is 26.0 Å². The first kappa shape index (κ1) is 10.4. The Kier molecular flexibility index (Phi) is 2.44. The zero-order valence-corrected chi connectivity index (χ0v) is 8.98. The lowest BCUT2D eigenvalue weighted by Crippen LogP contribution is -1.95. The van der Waals surface area contributed by atoms with Crippen molar-refractivity contribution < 1.29 is 9.90 Å². The molecular weight excluding hydrogens is 206 g/mol. The van der Waals surface area contributed by atoms with Crippen LogP contribution in [0.2, 0.25) is 0 Å². The number of carbonyl (C=O) groups is 1. The van der Waals surface area contributed by atoms with E-state index in [-0.39, 0.29) is 5.56 Å². The van der Waals surface area contributed by atoms with Crippen LogP contribution < -0.4 is 0 Å². The predicted octanol–water partition coefficient (Wildman–Crippen LogP) is 1.79. The van der Waals surface area contributed by atoms with Crippen LogP contribution in [0.1, 0.15) is 21.9 Å². The van der Waals surface area contributed by atoms with Gasteiger partial charge in [-0.2, -0.15) is 0 Å². The molecule has 2 aromatic rings. The molecule has 2 N–H and O–H groups in total. The van der Waals surface area contributed by atoms with Crippen molar-refractivity contribution in [3.63, 3.8) is 0 Å². The molecule has 0 aliphatic heterocycles. The molecule has 0 aliphatic rings. The summed E-state index contributed by atoms with van der Waals surface area (Å²) >= 11 is 0. The van der Waals surface area contributed by atoms with E-state index >= 15 is 0 Å². The van der Waals surface area contributed by atoms with Gasteiger partial charge in [0.1, 0.15) is 5.82 Å². The number of hydrogen-bond donors (Lipinski definition) is 2. The van der Waals surface area contributed by atoms with Gasteiger partial charge in [0.2, 0.25) is 0 Å². The van der Waals surface area contributed by atoms with Crippen LogP contribution in [0.15, 0.2) is 18.3 Å².